The van der Waals surface area contributed by atoms with Gasteiger partial charge in [-0.1, -0.05) is 0 Å². The van der Waals surface area contributed by atoms with Gasteiger partial charge in [0.2, 0.25) is 0 Å². The summed E-state index contributed by atoms with van der Waals surface area (Å²) >= 11 is 0. The van der Waals surface area contributed by atoms with E-state index >= 15 is 0 Å². The number of carbonyl (C=O) groups is 1. The molecule has 1 aromatic carbocycles. The number of hydrogen-bond donors (Lipinski definition) is 0. The van der Waals surface area contributed by atoms with Crippen molar-refractivity contribution < 1.29 is 13.9 Å². The summed E-state index contributed by atoms with van der Waals surface area (Å²) in [6.45, 7) is 3.64. The number of nitrogens with zero attached hydrogens (tertiary/aromatic N) is 1. The number of aryl methyl sites for hydroxylation is 2. The molecule has 0 radical (unpaired) electrons. The van der Waals surface area contributed by atoms with Gasteiger partial charge in [-0.05, 0) is 44.2 Å². The maximum atomic E-state index is 13.6. The van der Waals surface area contributed by atoms with Crippen LogP contribution < -0.4 is 4.74 Å². The second kappa shape index (κ2) is 5.18. The Morgan fingerprint density at radius 2 is 1.74 bits per heavy atom. The summed E-state index contributed by atoms with van der Waals surface area (Å²) in [4.78, 5) is 16.5. The van der Waals surface area contributed by atoms with Gasteiger partial charge in [0.05, 0.1) is 7.11 Å². The van der Waals surface area contributed by atoms with Gasteiger partial charge in [0.25, 0.3) is 0 Å². The first-order valence-corrected chi connectivity index (χ1v) is 5.85. The van der Waals surface area contributed by atoms with Crippen LogP contribution in [0.15, 0.2) is 30.3 Å². The number of aromatic nitrogens is 1. The molecule has 0 N–H and O–H groups in total. The summed E-state index contributed by atoms with van der Waals surface area (Å²) in [5.41, 5.74) is 2.33. The number of halogens is 1. The molecule has 2 rings (SSSR count). The summed E-state index contributed by atoms with van der Waals surface area (Å²) in [5.74, 6) is -0.648. The van der Waals surface area contributed by atoms with Crippen LogP contribution in [0.5, 0.6) is 5.75 Å². The van der Waals surface area contributed by atoms with Crippen molar-refractivity contribution in [2.75, 3.05) is 7.11 Å². The van der Waals surface area contributed by atoms with Gasteiger partial charge in [0.15, 0.2) is 17.3 Å². The van der Waals surface area contributed by atoms with Gasteiger partial charge in [0, 0.05) is 22.5 Å². The number of pyridine rings is 1. The first-order valence-electron chi connectivity index (χ1n) is 5.85. The number of rotatable bonds is 3. The molecule has 0 bridgehead atoms. The zero-order valence-electron chi connectivity index (χ0n) is 11.0. The Morgan fingerprint density at radius 1 is 1.11 bits per heavy atom. The third kappa shape index (κ3) is 2.78. The Labute approximate surface area is 111 Å². The van der Waals surface area contributed by atoms with E-state index in [-0.39, 0.29) is 11.5 Å². The van der Waals surface area contributed by atoms with Crippen molar-refractivity contribution in [1.82, 2.24) is 4.98 Å². The predicted octanol–water partition coefficient (Wildman–Crippen LogP) is 3.08. The topological polar surface area (TPSA) is 39.2 Å². The lowest BCUT2D eigenvalue weighted by Gasteiger charge is -2.06. The molecule has 0 atom stereocenters. The largest absolute Gasteiger partial charge is 0.494 e. The third-order valence-electron chi connectivity index (χ3n) is 2.76. The highest BCUT2D eigenvalue weighted by atomic mass is 19.1. The minimum absolute atomic E-state index is 0.124. The molecule has 1 heterocycles. The Morgan fingerprint density at radius 3 is 2.26 bits per heavy atom. The molecule has 98 valence electrons. The molecule has 0 fully saturated rings. The van der Waals surface area contributed by atoms with Crippen LogP contribution in [0.1, 0.15) is 27.3 Å². The minimum atomic E-state index is -0.546. The molecule has 3 nitrogen and oxygen atoms in total. The lowest BCUT2D eigenvalue weighted by Crippen LogP contribution is -2.04. The molecule has 0 saturated carbocycles. The van der Waals surface area contributed by atoms with Crippen LogP contribution in [0, 0.1) is 19.7 Å². The summed E-state index contributed by atoms with van der Waals surface area (Å²) in [6.07, 6.45) is 0. The highest BCUT2D eigenvalue weighted by Crippen LogP contribution is 2.20. The van der Waals surface area contributed by atoms with Crippen molar-refractivity contribution in [3.8, 4) is 5.75 Å². The smallest absolute Gasteiger partial charge is 0.193 e. The van der Waals surface area contributed by atoms with Crippen molar-refractivity contribution in [3.05, 3.63) is 58.7 Å². The van der Waals surface area contributed by atoms with Crippen molar-refractivity contribution in [1.29, 1.82) is 0 Å². The normalized spacial score (nSPS) is 10.3. The van der Waals surface area contributed by atoms with E-state index in [1.807, 2.05) is 13.8 Å². The fourth-order valence-electron chi connectivity index (χ4n) is 1.94. The second-order valence-corrected chi connectivity index (χ2v) is 4.32. The fourth-order valence-corrected chi connectivity index (χ4v) is 1.94. The molecule has 0 aliphatic heterocycles. The van der Waals surface area contributed by atoms with Crippen LogP contribution in [0.25, 0.3) is 0 Å². The van der Waals surface area contributed by atoms with E-state index in [2.05, 4.69) is 4.98 Å². The van der Waals surface area contributed by atoms with Gasteiger partial charge in [-0.25, -0.2) is 4.39 Å². The molecular weight excluding hydrogens is 245 g/mol. The molecule has 0 amide bonds. The van der Waals surface area contributed by atoms with Crippen LogP contribution in [0.2, 0.25) is 0 Å². The average Bonchev–Trinajstić information content (AvgIpc) is 2.36. The van der Waals surface area contributed by atoms with E-state index in [1.54, 1.807) is 18.2 Å². The minimum Gasteiger partial charge on any atom is -0.494 e. The van der Waals surface area contributed by atoms with Crippen LogP contribution in [0.4, 0.5) is 4.39 Å². The standard InChI is InChI=1S/C15H14FNO2/c1-9-6-12(7-10(2)17-9)15(18)11-4-5-14(19-3)13(16)8-11/h4-8H,1-3H3. The van der Waals surface area contributed by atoms with Crippen molar-refractivity contribution in [2.45, 2.75) is 13.8 Å². The number of methoxy groups -OCH3 is 1. The lowest BCUT2D eigenvalue weighted by atomic mass is 10.0. The van der Waals surface area contributed by atoms with E-state index in [1.165, 1.54) is 19.2 Å². The molecular formula is C15H14FNO2. The first kappa shape index (κ1) is 13.2. The monoisotopic (exact) mass is 259 g/mol. The molecule has 0 aliphatic rings. The zero-order valence-corrected chi connectivity index (χ0v) is 11.0. The van der Waals surface area contributed by atoms with E-state index in [0.717, 1.165) is 11.4 Å². The summed E-state index contributed by atoms with van der Waals surface area (Å²) in [7, 11) is 1.38. The van der Waals surface area contributed by atoms with Crippen LogP contribution in [0.3, 0.4) is 0 Å². The van der Waals surface area contributed by atoms with Crippen LogP contribution in [-0.2, 0) is 0 Å². The number of carbonyl (C=O) groups excluding carboxylic acids is 1. The van der Waals surface area contributed by atoms with Gasteiger partial charge in [-0.3, -0.25) is 9.78 Å². The Bertz CT molecular complexity index is 618. The SMILES string of the molecule is COc1ccc(C(=O)c2cc(C)nc(C)c2)cc1F. The molecule has 0 unspecified atom stereocenters. The van der Waals surface area contributed by atoms with Crippen molar-refractivity contribution in [3.63, 3.8) is 0 Å². The molecule has 0 aliphatic carbocycles. The zero-order chi connectivity index (χ0) is 14.0. The maximum absolute atomic E-state index is 13.6. The Kier molecular flexibility index (Phi) is 3.60. The summed E-state index contributed by atoms with van der Waals surface area (Å²) in [5, 5.41) is 0. The van der Waals surface area contributed by atoms with E-state index in [0.29, 0.717) is 11.1 Å². The highest BCUT2D eigenvalue weighted by molar-refractivity contribution is 6.09. The number of ketones is 1. The molecule has 0 spiro atoms. The summed E-state index contributed by atoms with van der Waals surface area (Å²) < 4.78 is 18.4. The number of hydrogen-bond acceptors (Lipinski definition) is 3. The van der Waals surface area contributed by atoms with E-state index in [9.17, 15) is 9.18 Å². The van der Waals surface area contributed by atoms with Gasteiger partial charge in [0.1, 0.15) is 0 Å². The number of ether oxygens (including phenoxy) is 1. The molecule has 4 heteroatoms. The van der Waals surface area contributed by atoms with Gasteiger partial charge < -0.3 is 4.74 Å². The second-order valence-electron chi connectivity index (χ2n) is 4.32. The average molecular weight is 259 g/mol. The quantitative estimate of drug-likeness (QED) is 0.795. The molecule has 1 aromatic heterocycles. The first-order chi connectivity index (χ1) is 9.01. The van der Waals surface area contributed by atoms with Gasteiger partial charge in [-0.2, -0.15) is 0 Å². The highest BCUT2D eigenvalue weighted by Gasteiger charge is 2.13. The fraction of sp³-hybridized carbons (Fsp3) is 0.200. The Hall–Kier alpha value is -2.23. The van der Waals surface area contributed by atoms with E-state index < -0.39 is 5.82 Å². The Balaban J connectivity index is 2.41. The van der Waals surface area contributed by atoms with Gasteiger partial charge in [-0.15, -0.1) is 0 Å². The predicted molar refractivity (Wildman–Crippen MR) is 70.1 cm³/mol. The van der Waals surface area contributed by atoms with Gasteiger partial charge >= 0.3 is 0 Å². The van der Waals surface area contributed by atoms with Crippen molar-refractivity contribution >= 4 is 5.78 Å². The van der Waals surface area contributed by atoms with Crippen LogP contribution in [-0.4, -0.2) is 17.9 Å². The van der Waals surface area contributed by atoms with Crippen LogP contribution >= 0.6 is 0 Å². The van der Waals surface area contributed by atoms with E-state index in [4.69, 9.17) is 4.74 Å². The summed E-state index contributed by atoms with van der Waals surface area (Å²) in [6, 6.07) is 7.57. The molecule has 0 saturated heterocycles. The molecule has 19 heavy (non-hydrogen) atoms. The molecule has 2 aromatic rings. The maximum Gasteiger partial charge on any atom is 0.193 e. The lowest BCUT2D eigenvalue weighted by molar-refractivity contribution is 0.103. The van der Waals surface area contributed by atoms with Crippen molar-refractivity contribution in [2.24, 2.45) is 0 Å². The third-order valence-corrected chi connectivity index (χ3v) is 2.76. The number of benzene rings is 1.